The molecular weight excluding hydrogens is 384 g/mol. The number of ether oxygens (including phenoxy) is 1. The fourth-order valence-electron chi connectivity index (χ4n) is 3.96. The SMILES string of the molecule is CCCCC(=O)Oc1c(-c2ccccc2)c2nc3ccccc3nc2c2ccccc12. The molecule has 5 aromatic rings. The van der Waals surface area contributed by atoms with E-state index in [9.17, 15) is 4.79 Å². The van der Waals surface area contributed by atoms with Crippen LogP contribution in [0.4, 0.5) is 0 Å². The molecule has 4 nitrogen and oxygen atoms in total. The highest BCUT2D eigenvalue weighted by Crippen LogP contribution is 2.43. The van der Waals surface area contributed by atoms with Crippen LogP contribution >= 0.6 is 0 Å². The Morgan fingerprint density at radius 2 is 1.39 bits per heavy atom. The van der Waals surface area contributed by atoms with Gasteiger partial charge in [0.15, 0.2) is 0 Å². The minimum Gasteiger partial charge on any atom is -0.425 e. The molecule has 4 aromatic carbocycles. The van der Waals surface area contributed by atoms with Gasteiger partial charge in [-0.3, -0.25) is 4.79 Å². The number of carbonyl (C=O) groups is 1. The summed E-state index contributed by atoms with van der Waals surface area (Å²) in [5.74, 6) is 0.331. The van der Waals surface area contributed by atoms with Crippen molar-refractivity contribution in [1.29, 1.82) is 0 Å². The van der Waals surface area contributed by atoms with Crippen molar-refractivity contribution in [3.05, 3.63) is 78.9 Å². The van der Waals surface area contributed by atoms with Crippen LogP contribution in [0.1, 0.15) is 26.2 Å². The molecule has 0 aliphatic rings. The van der Waals surface area contributed by atoms with E-state index in [0.717, 1.165) is 56.8 Å². The van der Waals surface area contributed by atoms with Crippen LogP contribution in [0, 0.1) is 0 Å². The van der Waals surface area contributed by atoms with Crippen molar-refractivity contribution in [2.75, 3.05) is 0 Å². The number of para-hydroxylation sites is 2. The van der Waals surface area contributed by atoms with Crippen LogP contribution in [0.2, 0.25) is 0 Å². The van der Waals surface area contributed by atoms with E-state index in [1.165, 1.54) is 0 Å². The fourth-order valence-corrected chi connectivity index (χ4v) is 3.96. The standard InChI is InChI=1S/C27H22N2O2/c1-2-3-17-23(30)31-27-20-14-8-7-13-19(20)25-26(24(27)18-11-5-4-6-12-18)29-22-16-10-9-15-21(22)28-25/h4-16H,2-3,17H2,1H3. The second kappa shape index (κ2) is 8.15. The Kier molecular flexibility index (Phi) is 5.04. The van der Waals surface area contributed by atoms with Gasteiger partial charge >= 0.3 is 5.97 Å². The van der Waals surface area contributed by atoms with Crippen molar-refractivity contribution in [1.82, 2.24) is 9.97 Å². The number of carbonyl (C=O) groups excluding carboxylic acids is 1. The maximum absolute atomic E-state index is 12.7. The van der Waals surface area contributed by atoms with Gasteiger partial charge in [-0.05, 0) is 24.1 Å². The van der Waals surface area contributed by atoms with Gasteiger partial charge in [-0.15, -0.1) is 0 Å². The Labute approximate surface area is 180 Å². The highest BCUT2D eigenvalue weighted by atomic mass is 16.5. The van der Waals surface area contributed by atoms with Gasteiger partial charge in [0.05, 0.1) is 22.1 Å². The number of fused-ring (bicyclic) bond motifs is 4. The first kappa shape index (κ1) is 19.2. The lowest BCUT2D eigenvalue weighted by Gasteiger charge is -2.17. The average molecular weight is 406 g/mol. The maximum Gasteiger partial charge on any atom is 0.311 e. The number of rotatable bonds is 5. The minimum atomic E-state index is -0.225. The first-order valence-corrected chi connectivity index (χ1v) is 10.6. The van der Waals surface area contributed by atoms with Gasteiger partial charge in [-0.25, -0.2) is 9.97 Å². The summed E-state index contributed by atoms with van der Waals surface area (Å²) in [7, 11) is 0. The van der Waals surface area contributed by atoms with Gasteiger partial charge < -0.3 is 4.74 Å². The topological polar surface area (TPSA) is 52.1 Å². The number of hydrogen-bond donors (Lipinski definition) is 0. The molecule has 4 heteroatoms. The van der Waals surface area contributed by atoms with Gasteiger partial charge in [0.2, 0.25) is 0 Å². The van der Waals surface area contributed by atoms with Crippen LogP contribution in [-0.4, -0.2) is 15.9 Å². The molecule has 31 heavy (non-hydrogen) atoms. The Morgan fingerprint density at radius 3 is 2.10 bits per heavy atom. The third kappa shape index (κ3) is 3.50. The zero-order chi connectivity index (χ0) is 21.2. The monoisotopic (exact) mass is 406 g/mol. The summed E-state index contributed by atoms with van der Waals surface area (Å²) in [5, 5.41) is 1.79. The number of benzene rings is 4. The molecule has 0 N–H and O–H groups in total. The lowest BCUT2D eigenvalue weighted by atomic mass is 9.96. The summed E-state index contributed by atoms with van der Waals surface area (Å²) in [4.78, 5) is 22.6. The van der Waals surface area contributed by atoms with Crippen molar-refractivity contribution < 1.29 is 9.53 Å². The van der Waals surface area contributed by atoms with Gasteiger partial charge in [-0.2, -0.15) is 0 Å². The van der Waals surface area contributed by atoms with E-state index in [2.05, 4.69) is 6.92 Å². The van der Waals surface area contributed by atoms with Crippen LogP contribution in [0.25, 0.3) is 44.0 Å². The molecule has 152 valence electrons. The largest absolute Gasteiger partial charge is 0.425 e. The summed E-state index contributed by atoms with van der Waals surface area (Å²) in [6.45, 7) is 2.06. The molecule has 0 bridgehead atoms. The van der Waals surface area contributed by atoms with Crippen LogP contribution in [0.5, 0.6) is 5.75 Å². The van der Waals surface area contributed by atoms with Crippen molar-refractivity contribution in [2.24, 2.45) is 0 Å². The normalized spacial score (nSPS) is 11.3. The lowest BCUT2D eigenvalue weighted by molar-refractivity contribution is -0.134. The van der Waals surface area contributed by atoms with E-state index >= 15 is 0 Å². The maximum atomic E-state index is 12.7. The van der Waals surface area contributed by atoms with Crippen molar-refractivity contribution >= 4 is 38.8 Å². The molecule has 0 fully saturated rings. The minimum absolute atomic E-state index is 0.225. The van der Waals surface area contributed by atoms with Gasteiger partial charge in [0.1, 0.15) is 11.3 Å². The van der Waals surface area contributed by atoms with Crippen LogP contribution < -0.4 is 4.74 Å². The number of unbranched alkanes of at least 4 members (excludes halogenated alkanes) is 1. The number of esters is 1. The molecule has 5 rings (SSSR count). The zero-order valence-corrected chi connectivity index (χ0v) is 17.3. The predicted molar refractivity (Wildman–Crippen MR) is 125 cm³/mol. The second-order valence-electron chi connectivity index (χ2n) is 7.60. The van der Waals surface area contributed by atoms with Crippen LogP contribution in [0.3, 0.4) is 0 Å². The van der Waals surface area contributed by atoms with Crippen molar-refractivity contribution in [2.45, 2.75) is 26.2 Å². The first-order valence-electron chi connectivity index (χ1n) is 10.6. The van der Waals surface area contributed by atoms with E-state index in [0.29, 0.717) is 12.2 Å². The third-order valence-electron chi connectivity index (χ3n) is 5.47. The number of hydrogen-bond acceptors (Lipinski definition) is 4. The summed E-state index contributed by atoms with van der Waals surface area (Å²) in [6, 6.07) is 25.8. The van der Waals surface area contributed by atoms with E-state index in [1.807, 2.05) is 78.9 Å². The van der Waals surface area contributed by atoms with E-state index in [4.69, 9.17) is 14.7 Å². The smallest absolute Gasteiger partial charge is 0.311 e. The molecule has 1 aromatic heterocycles. The Bertz CT molecular complexity index is 1410. The Morgan fingerprint density at radius 1 is 0.774 bits per heavy atom. The Balaban J connectivity index is 1.89. The molecule has 0 unspecified atom stereocenters. The summed E-state index contributed by atoms with van der Waals surface area (Å²) < 4.78 is 6.03. The molecule has 1 heterocycles. The summed E-state index contributed by atoms with van der Waals surface area (Å²) >= 11 is 0. The van der Waals surface area contributed by atoms with Gasteiger partial charge in [0.25, 0.3) is 0 Å². The highest BCUT2D eigenvalue weighted by molar-refractivity contribution is 6.16. The number of nitrogens with zero attached hydrogens (tertiary/aromatic N) is 2. The molecule has 0 spiro atoms. The first-order chi connectivity index (χ1) is 15.3. The quantitative estimate of drug-likeness (QED) is 0.141. The average Bonchev–Trinajstić information content (AvgIpc) is 2.82. The molecule has 0 aliphatic carbocycles. The fraction of sp³-hybridized carbons (Fsp3) is 0.148. The predicted octanol–water partition coefficient (Wildman–Crippen LogP) is 6.70. The summed E-state index contributed by atoms with van der Waals surface area (Å²) in [5.41, 5.74) is 4.94. The lowest BCUT2D eigenvalue weighted by Crippen LogP contribution is -2.09. The molecule has 0 radical (unpaired) electrons. The van der Waals surface area contributed by atoms with E-state index in [-0.39, 0.29) is 5.97 Å². The van der Waals surface area contributed by atoms with Crippen molar-refractivity contribution in [3.8, 4) is 16.9 Å². The van der Waals surface area contributed by atoms with Crippen LogP contribution in [-0.2, 0) is 4.79 Å². The highest BCUT2D eigenvalue weighted by Gasteiger charge is 2.21. The number of aromatic nitrogens is 2. The molecule has 0 saturated carbocycles. The van der Waals surface area contributed by atoms with Gasteiger partial charge in [-0.1, -0.05) is 80.1 Å². The van der Waals surface area contributed by atoms with E-state index < -0.39 is 0 Å². The molecule has 0 saturated heterocycles. The molecule has 0 aliphatic heterocycles. The molecular formula is C27H22N2O2. The zero-order valence-electron chi connectivity index (χ0n) is 17.3. The Hall–Kier alpha value is -3.79. The van der Waals surface area contributed by atoms with E-state index in [1.54, 1.807) is 0 Å². The molecule has 0 amide bonds. The summed E-state index contributed by atoms with van der Waals surface area (Å²) in [6.07, 6.45) is 2.13. The van der Waals surface area contributed by atoms with Gasteiger partial charge in [0, 0.05) is 17.2 Å². The third-order valence-corrected chi connectivity index (χ3v) is 5.47. The van der Waals surface area contributed by atoms with Crippen LogP contribution in [0.15, 0.2) is 78.9 Å². The molecule has 0 atom stereocenters. The van der Waals surface area contributed by atoms with Crippen molar-refractivity contribution in [3.63, 3.8) is 0 Å². The second-order valence-corrected chi connectivity index (χ2v) is 7.60.